The summed E-state index contributed by atoms with van der Waals surface area (Å²) in [6.07, 6.45) is 0. The molecular formula is C13H15BrN2O3S. The lowest BCUT2D eigenvalue weighted by molar-refractivity contribution is 0.417. The minimum atomic E-state index is -3.53. The first-order valence-electron chi connectivity index (χ1n) is 5.95. The molecule has 20 heavy (non-hydrogen) atoms. The number of aryl methyl sites for hydroxylation is 1. The van der Waals surface area contributed by atoms with Crippen molar-refractivity contribution in [1.82, 2.24) is 4.72 Å². The fourth-order valence-electron chi connectivity index (χ4n) is 1.66. The molecule has 2 aromatic rings. The van der Waals surface area contributed by atoms with Gasteiger partial charge in [0.2, 0.25) is 5.09 Å². The highest BCUT2D eigenvalue weighted by molar-refractivity contribution is 9.10. The van der Waals surface area contributed by atoms with Crippen LogP contribution in [0.15, 0.2) is 44.3 Å². The second-order valence-electron chi connectivity index (χ2n) is 4.22. The Kier molecular flexibility index (Phi) is 4.52. The van der Waals surface area contributed by atoms with Gasteiger partial charge in [-0.15, -0.1) is 0 Å². The summed E-state index contributed by atoms with van der Waals surface area (Å²) in [6.45, 7) is 2.40. The molecule has 0 saturated carbocycles. The topological polar surface area (TPSA) is 71.3 Å². The largest absolute Gasteiger partial charge is 0.446 e. The Balaban J connectivity index is 2.11. The van der Waals surface area contributed by atoms with Crippen molar-refractivity contribution in [2.45, 2.75) is 18.6 Å². The van der Waals surface area contributed by atoms with Gasteiger partial charge in [0.15, 0.2) is 0 Å². The van der Waals surface area contributed by atoms with Gasteiger partial charge in [-0.25, -0.2) is 13.1 Å². The maximum Gasteiger partial charge on any atom is 0.273 e. The van der Waals surface area contributed by atoms with Crippen molar-refractivity contribution in [3.63, 3.8) is 0 Å². The van der Waals surface area contributed by atoms with Crippen molar-refractivity contribution in [2.24, 2.45) is 0 Å². The monoisotopic (exact) mass is 358 g/mol. The Morgan fingerprint density at radius 2 is 2.00 bits per heavy atom. The SMILES string of the molecule is CNS(=O)(=O)c1ccc(CNc2cccc(C)c2Br)o1. The van der Waals surface area contributed by atoms with Crippen molar-refractivity contribution >= 4 is 31.6 Å². The maximum absolute atomic E-state index is 11.6. The van der Waals surface area contributed by atoms with E-state index in [4.69, 9.17) is 4.42 Å². The number of halogens is 1. The van der Waals surface area contributed by atoms with E-state index in [1.54, 1.807) is 6.07 Å². The zero-order valence-corrected chi connectivity index (χ0v) is 13.5. The number of hydrogen-bond acceptors (Lipinski definition) is 4. The van der Waals surface area contributed by atoms with Gasteiger partial charge in [-0.2, -0.15) is 0 Å². The van der Waals surface area contributed by atoms with Crippen LogP contribution in [-0.4, -0.2) is 15.5 Å². The van der Waals surface area contributed by atoms with E-state index in [1.807, 2.05) is 25.1 Å². The molecule has 1 aromatic heterocycles. The van der Waals surface area contributed by atoms with Crippen LogP contribution in [0.1, 0.15) is 11.3 Å². The minimum absolute atomic E-state index is 0.0832. The van der Waals surface area contributed by atoms with Crippen LogP contribution in [0.3, 0.4) is 0 Å². The van der Waals surface area contributed by atoms with E-state index in [2.05, 4.69) is 26.0 Å². The third-order valence-electron chi connectivity index (χ3n) is 2.82. The van der Waals surface area contributed by atoms with E-state index >= 15 is 0 Å². The van der Waals surface area contributed by atoms with E-state index in [0.717, 1.165) is 15.7 Å². The van der Waals surface area contributed by atoms with Crippen LogP contribution in [0.5, 0.6) is 0 Å². The molecule has 1 aromatic carbocycles. The molecule has 0 fully saturated rings. The lowest BCUT2D eigenvalue weighted by Crippen LogP contribution is -2.17. The summed E-state index contributed by atoms with van der Waals surface area (Å²) in [5, 5.41) is 3.11. The highest BCUT2D eigenvalue weighted by atomic mass is 79.9. The molecular weight excluding hydrogens is 344 g/mol. The molecule has 1 heterocycles. The molecule has 0 aliphatic heterocycles. The summed E-state index contributed by atoms with van der Waals surface area (Å²) < 4.78 is 31.6. The standard InChI is InChI=1S/C13H15BrN2O3S/c1-9-4-3-5-11(13(9)14)16-8-10-6-7-12(19-10)20(17,18)15-2/h3-7,15-16H,8H2,1-2H3. The second-order valence-corrected chi connectivity index (χ2v) is 6.83. The molecule has 0 amide bonds. The van der Waals surface area contributed by atoms with Gasteiger partial charge in [-0.05, 0) is 53.7 Å². The van der Waals surface area contributed by atoms with E-state index < -0.39 is 10.0 Å². The summed E-state index contributed by atoms with van der Waals surface area (Å²) in [4.78, 5) is 0. The highest BCUT2D eigenvalue weighted by Gasteiger charge is 2.16. The number of rotatable bonds is 5. The predicted octanol–water partition coefficient (Wildman–Crippen LogP) is 2.87. The average Bonchev–Trinajstić information content (AvgIpc) is 2.90. The molecule has 0 unspecified atom stereocenters. The van der Waals surface area contributed by atoms with Crippen molar-refractivity contribution < 1.29 is 12.8 Å². The van der Waals surface area contributed by atoms with Crippen LogP contribution >= 0.6 is 15.9 Å². The lowest BCUT2D eigenvalue weighted by Gasteiger charge is -2.08. The van der Waals surface area contributed by atoms with Crippen molar-refractivity contribution in [1.29, 1.82) is 0 Å². The molecule has 0 spiro atoms. The van der Waals surface area contributed by atoms with Crippen LogP contribution < -0.4 is 10.0 Å². The number of furan rings is 1. The molecule has 5 nitrogen and oxygen atoms in total. The number of benzene rings is 1. The molecule has 0 saturated heterocycles. The Labute approximate surface area is 126 Å². The van der Waals surface area contributed by atoms with E-state index in [-0.39, 0.29) is 5.09 Å². The fraction of sp³-hybridized carbons (Fsp3) is 0.231. The first-order chi connectivity index (χ1) is 9.44. The molecule has 0 aliphatic carbocycles. The molecule has 2 rings (SSSR count). The van der Waals surface area contributed by atoms with Gasteiger partial charge in [0, 0.05) is 10.2 Å². The average molecular weight is 359 g/mol. The fourth-order valence-corrected chi connectivity index (χ4v) is 2.73. The van der Waals surface area contributed by atoms with Crippen LogP contribution in [0, 0.1) is 6.92 Å². The van der Waals surface area contributed by atoms with Gasteiger partial charge < -0.3 is 9.73 Å². The lowest BCUT2D eigenvalue weighted by atomic mass is 10.2. The number of nitrogens with one attached hydrogen (secondary N) is 2. The number of anilines is 1. The smallest absolute Gasteiger partial charge is 0.273 e. The number of hydrogen-bond donors (Lipinski definition) is 2. The molecule has 0 radical (unpaired) electrons. The normalized spacial score (nSPS) is 11.6. The summed E-state index contributed by atoms with van der Waals surface area (Å²) in [6, 6.07) is 8.96. The first kappa shape index (κ1) is 15.1. The quantitative estimate of drug-likeness (QED) is 0.861. The van der Waals surface area contributed by atoms with Crippen LogP contribution in [0.25, 0.3) is 0 Å². The van der Waals surface area contributed by atoms with Crippen LogP contribution in [0.2, 0.25) is 0 Å². The zero-order chi connectivity index (χ0) is 14.8. The van der Waals surface area contributed by atoms with Crippen molar-refractivity contribution in [3.8, 4) is 0 Å². The van der Waals surface area contributed by atoms with Crippen LogP contribution in [-0.2, 0) is 16.6 Å². The first-order valence-corrected chi connectivity index (χ1v) is 8.23. The van der Waals surface area contributed by atoms with Gasteiger partial charge in [0.1, 0.15) is 5.76 Å². The van der Waals surface area contributed by atoms with Gasteiger partial charge in [0.05, 0.1) is 6.54 Å². The van der Waals surface area contributed by atoms with Gasteiger partial charge >= 0.3 is 0 Å². The Morgan fingerprint density at radius 3 is 2.70 bits per heavy atom. The summed E-state index contributed by atoms with van der Waals surface area (Å²) >= 11 is 3.50. The number of sulfonamides is 1. The third-order valence-corrected chi connectivity index (χ3v) is 5.15. The molecule has 108 valence electrons. The summed E-state index contributed by atoms with van der Waals surface area (Å²) in [5.74, 6) is 0.548. The zero-order valence-electron chi connectivity index (χ0n) is 11.1. The Bertz CT molecular complexity index is 710. The second kappa shape index (κ2) is 5.99. The van der Waals surface area contributed by atoms with E-state index in [0.29, 0.717) is 12.3 Å². The van der Waals surface area contributed by atoms with E-state index in [1.165, 1.54) is 13.1 Å². The van der Waals surface area contributed by atoms with Gasteiger partial charge in [-0.3, -0.25) is 0 Å². The van der Waals surface area contributed by atoms with Gasteiger partial charge in [0.25, 0.3) is 10.0 Å². The maximum atomic E-state index is 11.6. The minimum Gasteiger partial charge on any atom is -0.446 e. The predicted molar refractivity (Wildman–Crippen MR) is 81.2 cm³/mol. The van der Waals surface area contributed by atoms with E-state index in [9.17, 15) is 8.42 Å². The van der Waals surface area contributed by atoms with Crippen molar-refractivity contribution in [3.05, 3.63) is 46.1 Å². The third kappa shape index (κ3) is 3.23. The van der Waals surface area contributed by atoms with Crippen LogP contribution in [0.4, 0.5) is 5.69 Å². The molecule has 2 N–H and O–H groups in total. The summed E-state index contributed by atoms with van der Waals surface area (Å²) in [5.41, 5.74) is 2.05. The highest BCUT2D eigenvalue weighted by Crippen LogP contribution is 2.26. The molecule has 0 bridgehead atoms. The molecule has 0 atom stereocenters. The Morgan fingerprint density at radius 1 is 1.25 bits per heavy atom. The van der Waals surface area contributed by atoms with Crippen molar-refractivity contribution in [2.75, 3.05) is 12.4 Å². The molecule has 0 aliphatic rings. The Hall–Kier alpha value is -1.31. The molecule has 7 heteroatoms. The summed E-state index contributed by atoms with van der Waals surface area (Å²) in [7, 11) is -2.18. The van der Waals surface area contributed by atoms with Gasteiger partial charge in [-0.1, -0.05) is 12.1 Å².